The number of benzene rings is 1. The van der Waals surface area contributed by atoms with Gasteiger partial charge in [0.1, 0.15) is 6.07 Å². The van der Waals surface area contributed by atoms with Crippen molar-refractivity contribution >= 4 is 11.9 Å². The highest BCUT2D eigenvalue weighted by Gasteiger charge is 2.07. The molecule has 2 nitrogen and oxygen atoms in total. The maximum absolute atomic E-state index is 11.6. The maximum Gasteiger partial charge on any atom is 0.173 e. The molecule has 0 radical (unpaired) electrons. The molecule has 0 aliphatic heterocycles. The van der Waals surface area contributed by atoms with Crippen LogP contribution in [0.3, 0.4) is 0 Å². The Morgan fingerprint density at radius 2 is 2.00 bits per heavy atom. The van der Waals surface area contributed by atoms with E-state index < -0.39 is 0 Å². The minimum atomic E-state index is -0.0782. The molecule has 0 bridgehead atoms. The molecule has 0 N–H and O–H groups in total. The van der Waals surface area contributed by atoms with Crippen LogP contribution in [0.15, 0.2) is 29.8 Å². The lowest BCUT2D eigenvalue weighted by atomic mass is 10.0. The van der Waals surface area contributed by atoms with Gasteiger partial charge in [0.05, 0.1) is 5.57 Å². The second-order valence-corrected chi connectivity index (χ2v) is 3.75. The highest BCUT2D eigenvalue weighted by Crippen LogP contribution is 2.10. The number of carbonyl (C=O) groups excluding carboxylic acids is 1. The van der Waals surface area contributed by atoms with Gasteiger partial charge in [-0.15, -0.1) is 0 Å². The molecule has 1 aromatic carbocycles. The summed E-state index contributed by atoms with van der Waals surface area (Å²) in [6.45, 7) is 3.93. The second kappa shape index (κ2) is 5.87. The molecule has 0 spiro atoms. The number of hydrogen-bond donors (Lipinski definition) is 0. The van der Waals surface area contributed by atoms with Crippen LogP contribution >= 0.6 is 0 Å². The van der Waals surface area contributed by atoms with Crippen LogP contribution in [0.4, 0.5) is 0 Å². The summed E-state index contributed by atoms with van der Waals surface area (Å²) in [6, 6.07) is 9.71. The summed E-state index contributed by atoms with van der Waals surface area (Å²) in [7, 11) is 0. The van der Waals surface area contributed by atoms with E-state index in [9.17, 15) is 4.79 Å². The Hall–Kier alpha value is -1.88. The molecule has 0 saturated heterocycles. The normalized spacial score (nSPS) is 10.9. The van der Waals surface area contributed by atoms with Gasteiger partial charge in [-0.05, 0) is 25.0 Å². The monoisotopic (exact) mass is 213 g/mol. The highest BCUT2D eigenvalue weighted by atomic mass is 16.1. The molecule has 16 heavy (non-hydrogen) atoms. The van der Waals surface area contributed by atoms with Crippen LogP contribution < -0.4 is 0 Å². The van der Waals surface area contributed by atoms with Crippen molar-refractivity contribution in [3.8, 4) is 6.07 Å². The first-order valence-corrected chi connectivity index (χ1v) is 5.39. The molecule has 2 heteroatoms. The lowest BCUT2D eigenvalue weighted by Gasteiger charge is -1.98. The van der Waals surface area contributed by atoms with Crippen LogP contribution in [0, 0.1) is 18.3 Å². The van der Waals surface area contributed by atoms with E-state index >= 15 is 0 Å². The molecule has 0 amide bonds. The van der Waals surface area contributed by atoms with E-state index in [2.05, 4.69) is 0 Å². The lowest BCUT2D eigenvalue weighted by Crippen LogP contribution is -1.99. The van der Waals surface area contributed by atoms with Crippen molar-refractivity contribution in [3.05, 3.63) is 41.0 Å². The van der Waals surface area contributed by atoms with Crippen LogP contribution in [0.25, 0.3) is 6.08 Å². The van der Waals surface area contributed by atoms with Gasteiger partial charge in [-0.3, -0.25) is 4.79 Å². The van der Waals surface area contributed by atoms with Crippen molar-refractivity contribution in [1.29, 1.82) is 5.26 Å². The summed E-state index contributed by atoms with van der Waals surface area (Å²) in [5, 5.41) is 8.90. The average Bonchev–Trinajstić information content (AvgIpc) is 2.28. The molecule has 1 aromatic rings. The fourth-order valence-corrected chi connectivity index (χ4v) is 1.37. The zero-order chi connectivity index (χ0) is 12.0. The van der Waals surface area contributed by atoms with Crippen LogP contribution in [0.2, 0.25) is 0 Å². The quantitative estimate of drug-likeness (QED) is 0.569. The molecule has 0 atom stereocenters. The first kappa shape index (κ1) is 12.2. The predicted molar refractivity (Wildman–Crippen MR) is 64.7 cm³/mol. The third-order valence-electron chi connectivity index (χ3n) is 2.29. The largest absolute Gasteiger partial charge is 0.293 e. The molecule has 0 fully saturated rings. The Bertz CT molecular complexity index is 435. The van der Waals surface area contributed by atoms with Crippen LogP contribution in [0.5, 0.6) is 0 Å². The number of ketones is 1. The van der Waals surface area contributed by atoms with Crippen molar-refractivity contribution in [2.75, 3.05) is 0 Å². The first-order valence-electron chi connectivity index (χ1n) is 5.39. The van der Waals surface area contributed by atoms with Crippen molar-refractivity contribution in [2.45, 2.75) is 26.7 Å². The lowest BCUT2D eigenvalue weighted by molar-refractivity contribution is -0.115. The maximum atomic E-state index is 11.6. The fourth-order valence-electron chi connectivity index (χ4n) is 1.37. The summed E-state index contributed by atoms with van der Waals surface area (Å²) in [5.74, 6) is -0.0782. The van der Waals surface area contributed by atoms with Crippen molar-refractivity contribution in [1.82, 2.24) is 0 Å². The Morgan fingerprint density at radius 1 is 1.38 bits per heavy atom. The highest BCUT2D eigenvalue weighted by molar-refractivity contribution is 6.03. The Morgan fingerprint density at radius 3 is 2.50 bits per heavy atom. The van der Waals surface area contributed by atoms with E-state index in [-0.39, 0.29) is 11.4 Å². The van der Waals surface area contributed by atoms with Crippen LogP contribution in [-0.4, -0.2) is 5.78 Å². The van der Waals surface area contributed by atoms with Gasteiger partial charge in [0, 0.05) is 6.42 Å². The zero-order valence-electron chi connectivity index (χ0n) is 9.66. The molecule has 0 aliphatic rings. The van der Waals surface area contributed by atoms with E-state index in [0.29, 0.717) is 6.42 Å². The van der Waals surface area contributed by atoms with Gasteiger partial charge in [-0.25, -0.2) is 0 Å². The molecular weight excluding hydrogens is 198 g/mol. The summed E-state index contributed by atoms with van der Waals surface area (Å²) in [5.41, 5.74) is 2.30. The molecule has 0 aromatic heterocycles. The third kappa shape index (κ3) is 3.36. The van der Waals surface area contributed by atoms with Gasteiger partial charge in [0.25, 0.3) is 0 Å². The summed E-state index contributed by atoms with van der Waals surface area (Å²) in [6.07, 6.45) is 2.86. The standard InChI is InChI=1S/C14H15NO/c1-3-4-14(16)13(10-15)9-12-7-5-11(2)6-8-12/h5-9H,3-4H2,1-2H3/b13-9+. The van der Waals surface area contributed by atoms with E-state index in [0.717, 1.165) is 17.5 Å². The van der Waals surface area contributed by atoms with Crippen LogP contribution in [-0.2, 0) is 4.79 Å². The van der Waals surface area contributed by atoms with Gasteiger partial charge in [0.2, 0.25) is 0 Å². The first-order chi connectivity index (χ1) is 7.67. The summed E-state index contributed by atoms with van der Waals surface area (Å²) in [4.78, 5) is 11.6. The Kier molecular flexibility index (Phi) is 4.47. The van der Waals surface area contributed by atoms with Gasteiger partial charge < -0.3 is 0 Å². The number of rotatable bonds is 4. The average molecular weight is 213 g/mol. The van der Waals surface area contributed by atoms with Crippen LogP contribution in [0.1, 0.15) is 30.9 Å². The van der Waals surface area contributed by atoms with Gasteiger partial charge in [-0.2, -0.15) is 5.26 Å². The molecule has 0 aliphatic carbocycles. The molecule has 0 unspecified atom stereocenters. The molecule has 0 saturated carbocycles. The molecule has 82 valence electrons. The van der Waals surface area contributed by atoms with E-state index in [1.807, 2.05) is 44.2 Å². The SMILES string of the molecule is CCCC(=O)/C(C#N)=C/c1ccc(C)cc1. The minimum Gasteiger partial charge on any atom is -0.293 e. The van der Waals surface area contributed by atoms with Crippen molar-refractivity contribution in [3.63, 3.8) is 0 Å². The van der Waals surface area contributed by atoms with Crippen molar-refractivity contribution < 1.29 is 4.79 Å². The number of allylic oxidation sites excluding steroid dienone is 1. The predicted octanol–water partition coefficient (Wildman–Crippen LogP) is 3.27. The number of Topliss-reactive ketones (excluding diaryl/α,β-unsaturated/α-hetero) is 1. The molecular formula is C14H15NO. The van der Waals surface area contributed by atoms with E-state index in [4.69, 9.17) is 5.26 Å². The fraction of sp³-hybridized carbons (Fsp3) is 0.286. The molecule has 1 rings (SSSR count). The Labute approximate surface area is 96.2 Å². The van der Waals surface area contributed by atoms with Gasteiger partial charge in [-0.1, -0.05) is 36.8 Å². The van der Waals surface area contributed by atoms with Gasteiger partial charge >= 0.3 is 0 Å². The van der Waals surface area contributed by atoms with E-state index in [1.165, 1.54) is 0 Å². The summed E-state index contributed by atoms with van der Waals surface area (Å²) >= 11 is 0. The second-order valence-electron chi connectivity index (χ2n) is 3.75. The number of hydrogen-bond acceptors (Lipinski definition) is 2. The minimum absolute atomic E-state index is 0.0782. The van der Waals surface area contributed by atoms with Gasteiger partial charge in [0.15, 0.2) is 5.78 Å². The van der Waals surface area contributed by atoms with Crippen molar-refractivity contribution in [2.24, 2.45) is 0 Å². The molecule has 0 heterocycles. The summed E-state index contributed by atoms with van der Waals surface area (Å²) < 4.78 is 0. The van der Waals surface area contributed by atoms with E-state index in [1.54, 1.807) is 6.08 Å². The number of nitrogens with zero attached hydrogens (tertiary/aromatic N) is 1. The number of aryl methyl sites for hydroxylation is 1. The third-order valence-corrected chi connectivity index (χ3v) is 2.29. The Balaban J connectivity index is 2.92. The zero-order valence-corrected chi connectivity index (χ0v) is 9.66. The number of nitriles is 1. The smallest absolute Gasteiger partial charge is 0.173 e. The topological polar surface area (TPSA) is 40.9 Å². The number of carbonyl (C=O) groups is 1.